The van der Waals surface area contributed by atoms with Crippen molar-refractivity contribution in [3.05, 3.63) is 39.2 Å². The maximum absolute atomic E-state index is 3.25. The molecule has 0 nitrogen and oxygen atoms in total. The van der Waals surface area contributed by atoms with E-state index in [-0.39, 0.29) is 10.1 Å². The molecule has 1 heteroatoms. The third-order valence-corrected chi connectivity index (χ3v) is 0. The normalized spacial score (nSPS) is 3.43. The maximum Gasteiger partial charge on any atom is 2.00 e. The summed E-state index contributed by atoms with van der Waals surface area (Å²) in [6.45, 7) is 13.0. The van der Waals surface area contributed by atoms with Gasteiger partial charge >= 0.3 is 10.1 Å². The van der Waals surface area contributed by atoms with Crippen LogP contribution < -0.4 is 0 Å². The van der Waals surface area contributed by atoms with Crippen LogP contribution in [0.1, 0.15) is 0 Å². The van der Waals surface area contributed by atoms with Crippen LogP contribution in [0.4, 0.5) is 0 Å². The van der Waals surface area contributed by atoms with Crippen LogP contribution in [-0.2, 0) is 0 Å². The SMILES string of the molecule is C=C[CH2-].C=C[CH2-].[Be+2]. The molecule has 0 spiro atoms. The first kappa shape index (κ1) is 16.2. The monoisotopic (exact) mass is 91.1 g/mol. The van der Waals surface area contributed by atoms with Crippen molar-refractivity contribution in [3.8, 4) is 0 Å². The molecule has 36 valence electrons. The Hall–Kier alpha value is -0.611. The molecule has 0 aromatic rings. The second kappa shape index (κ2) is 53.8. The van der Waals surface area contributed by atoms with Crippen LogP contribution in [0.5, 0.6) is 0 Å². The van der Waals surface area contributed by atoms with Crippen molar-refractivity contribution >= 4 is 10.1 Å². The molecule has 0 aliphatic carbocycles. The topological polar surface area (TPSA) is 0 Å². The summed E-state index contributed by atoms with van der Waals surface area (Å²) in [7, 11) is 0. The third kappa shape index (κ3) is 166. The van der Waals surface area contributed by atoms with Crippen molar-refractivity contribution in [2.24, 2.45) is 0 Å². The number of allylic oxidation sites excluding steroid dienone is 2. The first-order chi connectivity index (χ1) is 2.83. The summed E-state index contributed by atoms with van der Waals surface area (Å²) >= 11 is 0. The van der Waals surface area contributed by atoms with Crippen molar-refractivity contribution in [1.29, 1.82) is 0 Å². The first-order valence-corrected chi connectivity index (χ1v) is 1.63. The van der Waals surface area contributed by atoms with Gasteiger partial charge in [-0.3, -0.25) is 0 Å². The molecular formula is C6H10Be. The number of hydrogen-bond acceptors (Lipinski definition) is 0. The summed E-state index contributed by atoms with van der Waals surface area (Å²) in [6, 6.07) is 0. The van der Waals surface area contributed by atoms with Gasteiger partial charge in [0.05, 0.1) is 0 Å². The maximum atomic E-state index is 3.25. The largest absolute Gasteiger partial charge is 2.00 e. The van der Waals surface area contributed by atoms with Crippen molar-refractivity contribution in [2.45, 2.75) is 0 Å². The van der Waals surface area contributed by atoms with Gasteiger partial charge < -0.3 is 0 Å². The molecular weight excluding hydrogens is 81.1 g/mol. The van der Waals surface area contributed by atoms with Gasteiger partial charge in [0.1, 0.15) is 0 Å². The molecule has 0 radical (unpaired) electrons. The Morgan fingerprint density at radius 2 is 1.00 bits per heavy atom. The molecule has 7 heavy (non-hydrogen) atoms. The van der Waals surface area contributed by atoms with Gasteiger partial charge in [-0.05, 0) is 0 Å². The van der Waals surface area contributed by atoms with E-state index >= 15 is 0 Å². The fraction of sp³-hybridized carbons (Fsp3) is 0. The van der Waals surface area contributed by atoms with E-state index in [1.165, 1.54) is 12.2 Å². The van der Waals surface area contributed by atoms with E-state index in [4.69, 9.17) is 0 Å². The van der Waals surface area contributed by atoms with Crippen LogP contribution >= 0.6 is 0 Å². The Labute approximate surface area is 50.2 Å². The van der Waals surface area contributed by atoms with E-state index in [0.29, 0.717) is 0 Å². The third-order valence-electron chi connectivity index (χ3n) is 0. The molecule has 0 rings (SSSR count). The van der Waals surface area contributed by atoms with Gasteiger partial charge in [-0.25, -0.2) is 39.2 Å². The number of rotatable bonds is 0. The Bertz CT molecular complexity index is 25.2. The van der Waals surface area contributed by atoms with Crippen LogP contribution in [0.2, 0.25) is 0 Å². The van der Waals surface area contributed by atoms with Crippen LogP contribution in [0.3, 0.4) is 0 Å². The van der Waals surface area contributed by atoms with E-state index in [0.717, 1.165) is 0 Å². The molecule has 0 aromatic heterocycles. The summed E-state index contributed by atoms with van der Waals surface area (Å²) < 4.78 is 0. The summed E-state index contributed by atoms with van der Waals surface area (Å²) in [6.07, 6.45) is 3.00. The van der Waals surface area contributed by atoms with Crippen LogP contribution in [0.25, 0.3) is 0 Å². The van der Waals surface area contributed by atoms with E-state index in [1.807, 2.05) is 0 Å². The Kier molecular flexibility index (Phi) is 124. The molecule has 0 saturated heterocycles. The molecule has 0 heterocycles. The Morgan fingerprint density at radius 3 is 1.00 bits per heavy atom. The van der Waals surface area contributed by atoms with Gasteiger partial charge in [0, 0.05) is 0 Å². The van der Waals surface area contributed by atoms with Gasteiger partial charge in [0.25, 0.3) is 0 Å². The van der Waals surface area contributed by atoms with Gasteiger partial charge in [-0.1, -0.05) is 0 Å². The van der Waals surface area contributed by atoms with Gasteiger partial charge in [-0.15, -0.1) is 0 Å². The molecule has 0 unspecified atom stereocenters. The van der Waals surface area contributed by atoms with Gasteiger partial charge in [-0.2, -0.15) is 0 Å². The fourth-order valence-electron chi connectivity index (χ4n) is 0. The molecule has 0 saturated carbocycles. The predicted octanol–water partition coefficient (Wildman–Crippen LogP) is 1.63. The summed E-state index contributed by atoms with van der Waals surface area (Å²) in [4.78, 5) is 0. The average Bonchev–Trinajstić information content (AvgIpc) is 1.39. The molecule has 0 aliphatic rings. The quantitative estimate of drug-likeness (QED) is 0.314. The second-order valence-corrected chi connectivity index (χ2v) is 0.577. The zero-order chi connectivity index (χ0) is 5.41. The van der Waals surface area contributed by atoms with Gasteiger partial charge in [0.15, 0.2) is 0 Å². The van der Waals surface area contributed by atoms with Crippen LogP contribution in [0.15, 0.2) is 25.3 Å². The van der Waals surface area contributed by atoms with Crippen LogP contribution in [-0.4, -0.2) is 10.1 Å². The van der Waals surface area contributed by atoms with Crippen molar-refractivity contribution in [3.63, 3.8) is 0 Å². The van der Waals surface area contributed by atoms with Crippen LogP contribution in [0, 0.1) is 13.8 Å². The van der Waals surface area contributed by atoms with Crippen molar-refractivity contribution < 1.29 is 0 Å². The molecule has 0 amide bonds. The van der Waals surface area contributed by atoms with E-state index in [1.54, 1.807) is 0 Å². The minimum atomic E-state index is 0. The van der Waals surface area contributed by atoms with Crippen molar-refractivity contribution in [1.82, 2.24) is 0 Å². The molecule has 0 fully saturated rings. The Balaban J connectivity index is -0.0000000400. The summed E-state index contributed by atoms with van der Waals surface area (Å²) in [5, 5.41) is 0. The van der Waals surface area contributed by atoms with Gasteiger partial charge in [0.2, 0.25) is 0 Å². The van der Waals surface area contributed by atoms with E-state index < -0.39 is 0 Å². The molecule has 0 aromatic carbocycles. The predicted molar refractivity (Wildman–Crippen MR) is 36.9 cm³/mol. The molecule has 0 aliphatic heterocycles. The summed E-state index contributed by atoms with van der Waals surface area (Å²) in [5.41, 5.74) is 0. The smallest absolute Gasteiger partial charge is 0.245 e. The molecule has 0 atom stereocenters. The zero-order valence-corrected chi connectivity index (χ0v) is 4.69. The minimum Gasteiger partial charge on any atom is -0.245 e. The second-order valence-electron chi connectivity index (χ2n) is 0.577. The molecule has 0 N–H and O–H groups in total. The van der Waals surface area contributed by atoms with E-state index in [2.05, 4.69) is 27.0 Å². The summed E-state index contributed by atoms with van der Waals surface area (Å²) in [5.74, 6) is 0. The zero-order valence-electron chi connectivity index (χ0n) is 4.69. The molecule has 0 bridgehead atoms. The number of hydrogen-bond donors (Lipinski definition) is 0. The standard InChI is InChI=1S/2C3H5.Be/c2*1-3-2;/h2*3H,1-2H2;/q2*-1;+2. The van der Waals surface area contributed by atoms with Crippen molar-refractivity contribution in [2.75, 3.05) is 0 Å². The first-order valence-electron chi connectivity index (χ1n) is 1.63. The minimum absolute atomic E-state index is 0. The fourth-order valence-corrected chi connectivity index (χ4v) is 0. The van der Waals surface area contributed by atoms with E-state index in [9.17, 15) is 0 Å². The Morgan fingerprint density at radius 1 is 1.00 bits per heavy atom. The average molecular weight is 91.2 g/mol.